The number of ether oxygens (including phenoxy) is 1. The van der Waals surface area contributed by atoms with E-state index >= 15 is 0 Å². The summed E-state index contributed by atoms with van der Waals surface area (Å²) >= 11 is 0. The maximum atomic E-state index is 12.3. The molecule has 0 radical (unpaired) electrons. The fourth-order valence-corrected chi connectivity index (χ4v) is 3.83. The number of nitrogens with one attached hydrogen (secondary N) is 4. The number of hydrogen-bond acceptors (Lipinski definition) is 3. The van der Waals surface area contributed by atoms with Gasteiger partial charge < -0.3 is 25.7 Å². The molecule has 4 rings (SSSR count). The molecule has 7 heteroatoms. The second-order valence-corrected chi connectivity index (χ2v) is 7.65. The van der Waals surface area contributed by atoms with Crippen LogP contribution in [0, 0.1) is 0 Å². The van der Waals surface area contributed by atoms with E-state index in [2.05, 4.69) is 50.3 Å². The Hall–Kier alpha value is -3.32. The van der Waals surface area contributed by atoms with E-state index in [-0.39, 0.29) is 12.0 Å². The number of H-pyrrole nitrogens is 1. The van der Waals surface area contributed by atoms with E-state index in [0.29, 0.717) is 13.2 Å². The van der Waals surface area contributed by atoms with Crippen LogP contribution in [0.4, 0.5) is 5.69 Å². The van der Waals surface area contributed by atoms with Gasteiger partial charge in [0, 0.05) is 49.5 Å². The van der Waals surface area contributed by atoms with Crippen LogP contribution in [-0.4, -0.2) is 43.2 Å². The molecule has 1 fully saturated rings. The fourth-order valence-electron chi connectivity index (χ4n) is 3.83. The number of anilines is 1. The lowest BCUT2D eigenvalue weighted by Crippen LogP contribution is -2.37. The number of nitrogens with zero attached hydrogens (tertiary/aromatic N) is 1. The van der Waals surface area contributed by atoms with Crippen molar-refractivity contribution in [1.29, 1.82) is 0 Å². The number of rotatable bonds is 7. The van der Waals surface area contributed by atoms with Crippen LogP contribution in [0.1, 0.15) is 24.0 Å². The zero-order chi connectivity index (χ0) is 21.5. The van der Waals surface area contributed by atoms with Gasteiger partial charge in [-0.15, -0.1) is 0 Å². The summed E-state index contributed by atoms with van der Waals surface area (Å²) in [5.74, 6) is 0.672. The van der Waals surface area contributed by atoms with E-state index in [0.717, 1.165) is 48.5 Å². The molecule has 0 aliphatic carbocycles. The van der Waals surface area contributed by atoms with Gasteiger partial charge in [0.05, 0.1) is 0 Å². The van der Waals surface area contributed by atoms with Crippen molar-refractivity contribution in [2.45, 2.75) is 31.9 Å². The van der Waals surface area contributed by atoms with Gasteiger partial charge in [-0.05, 0) is 48.6 Å². The Balaban J connectivity index is 1.26. The van der Waals surface area contributed by atoms with E-state index in [9.17, 15) is 4.79 Å². The molecule has 2 heterocycles. The Morgan fingerprint density at radius 2 is 2.10 bits per heavy atom. The first-order valence-electron chi connectivity index (χ1n) is 10.7. The average Bonchev–Trinajstić information content (AvgIpc) is 3.47. The third-order valence-corrected chi connectivity index (χ3v) is 5.46. The minimum absolute atomic E-state index is 0.0719. The summed E-state index contributed by atoms with van der Waals surface area (Å²) in [6.45, 7) is 2.05. The summed E-state index contributed by atoms with van der Waals surface area (Å²) in [6, 6.07) is 16.1. The van der Waals surface area contributed by atoms with Crippen LogP contribution < -0.4 is 16.0 Å². The normalized spacial score (nSPS) is 16.4. The highest BCUT2D eigenvalue weighted by molar-refractivity contribution is 5.94. The van der Waals surface area contributed by atoms with Gasteiger partial charge in [0.15, 0.2) is 5.96 Å². The molecule has 7 nitrogen and oxygen atoms in total. The summed E-state index contributed by atoms with van der Waals surface area (Å²) in [5, 5.41) is 10.9. The van der Waals surface area contributed by atoms with Gasteiger partial charge in [0.25, 0.3) is 5.91 Å². The molecule has 1 amide bonds. The first-order valence-corrected chi connectivity index (χ1v) is 10.7. The number of amides is 1. The molecule has 1 aromatic heterocycles. The Morgan fingerprint density at radius 1 is 1.19 bits per heavy atom. The zero-order valence-electron chi connectivity index (χ0n) is 17.8. The van der Waals surface area contributed by atoms with Gasteiger partial charge in [0.1, 0.15) is 6.10 Å². The van der Waals surface area contributed by atoms with Crippen LogP contribution in [0.3, 0.4) is 0 Å². The highest BCUT2D eigenvalue weighted by atomic mass is 16.5. The predicted molar refractivity (Wildman–Crippen MR) is 124 cm³/mol. The third-order valence-electron chi connectivity index (χ3n) is 5.46. The molecule has 162 valence electrons. The summed E-state index contributed by atoms with van der Waals surface area (Å²) in [7, 11) is 1.76. The number of hydrogen-bond donors (Lipinski definition) is 4. The maximum Gasteiger partial charge on any atom is 0.253 e. The zero-order valence-corrected chi connectivity index (χ0v) is 17.8. The Bertz CT molecular complexity index is 1050. The first kappa shape index (κ1) is 20.9. The molecule has 1 unspecified atom stereocenters. The maximum absolute atomic E-state index is 12.3. The second kappa shape index (κ2) is 10.1. The lowest BCUT2D eigenvalue weighted by molar-refractivity contribution is -0.124. The molecular weight excluding hydrogens is 390 g/mol. The Labute approximate surface area is 182 Å². The van der Waals surface area contributed by atoms with Gasteiger partial charge >= 0.3 is 0 Å². The molecular formula is C24H29N5O2. The van der Waals surface area contributed by atoms with E-state index in [1.54, 1.807) is 7.05 Å². The average molecular weight is 420 g/mol. The summed E-state index contributed by atoms with van der Waals surface area (Å²) in [5.41, 5.74) is 4.28. The molecule has 2 aromatic carbocycles. The monoisotopic (exact) mass is 419 g/mol. The molecule has 0 bridgehead atoms. The molecule has 31 heavy (non-hydrogen) atoms. The minimum atomic E-state index is -0.332. The lowest BCUT2D eigenvalue weighted by atomic mass is 10.1. The summed E-state index contributed by atoms with van der Waals surface area (Å²) in [6.07, 6.45) is 4.36. The van der Waals surface area contributed by atoms with Gasteiger partial charge in [-0.25, -0.2) is 0 Å². The Morgan fingerprint density at radius 3 is 2.94 bits per heavy atom. The third kappa shape index (κ3) is 5.44. The molecule has 0 saturated carbocycles. The van der Waals surface area contributed by atoms with Crippen molar-refractivity contribution in [2.75, 3.05) is 25.5 Å². The number of aromatic amines is 1. The standard InChI is InChI=1S/C24H29N5O2/c1-25-24(26-12-11-18-16-27-21-9-3-2-8-20(18)21)28-15-17-6-4-7-19(14-17)29-23(30)22-10-5-13-31-22/h2-4,6-9,14,16,22,27H,5,10-13,15H2,1H3,(H,29,30)(H2,25,26,28). The van der Waals surface area contributed by atoms with Crippen molar-refractivity contribution < 1.29 is 9.53 Å². The number of para-hydroxylation sites is 1. The number of aromatic nitrogens is 1. The number of fused-ring (bicyclic) bond motifs is 1. The number of carbonyl (C=O) groups is 1. The van der Waals surface area contributed by atoms with Crippen LogP contribution in [0.15, 0.2) is 59.7 Å². The Kier molecular flexibility index (Phi) is 6.84. The largest absolute Gasteiger partial charge is 0.368 e. The van der Waals surface area contributed by atoms with Gasteiger partial charge in [-0.1, -0.05) is 30.3 Å². The van der Waals surface area contributed by atoms with Crippen molar-refractivity contribution >= 4 is 28.5 Å². The van der Waals surface area contributed by atoms with E-state index < -0.39 is 0 Å². The number of carbonyl (C=O) groups excluding carboxylic acids is 1. The van der Waals surface area contributed by atoms with Crippen LogP contribution in [0.2, 0.25) is 0 Å². The summed E-state index contributed by atoms with van der Waals surface area (Å²) < 4.78 is 5.45. The van der Waals surface area contributed by atoms with Crippen molar-refractivity contribution in [3.05, 3.63) is 65.9 Å². The van der Waals surface area contributed by atoms with Crippen molar-refractivity contribution in [3.63, 3.8) is 0 Å². The van der Waals surface area contributed by atoms with Gasteiger partial charge in [-0.3, -0.25) is 9.79 Å². The highest BCUT2D eigenvalue weighted by Gasteiger charge is 2.23. The van der Waals surface area contributed by atoms with Crippen molar-refractivity contribution in [3.8, 4) is 0 Å². The SMILES string of the molecule is CN=C(NCCc1c[nH]c2ccccc12)NCc1cccc(NC(=O)C2CCCO2)c1. The van der Waals surface area contributed by atoms with Gasteiger partial charge in [-0.2, -0.15) is 0 Å². The van der Waals surface area contributed by atoms with E-state index in [1.807, 2.05) is 30.3 Å². The topological polar surface area (TPSA) is 90.5 Å². The second-order valence-electron chi connectivity index (χ2n) is 7.65. The lowest BCUT2D eigenvalue weighted by Gasteiger charge is -2.14. The predicted octanol–water partition coefficient (Wildman–Crippen LogP) is 3.19. The summed E-state index contributed by atoms with van der Waals surface area (Å²) in [4.78, 5) is 19.9. The molecule has 1 aliphatic heterocycles. The van der Waals surface area contributed by atoms with E-state index in [4.69, 9.17) is 4.74 Å². The van der Waals surface area contributed by atoms with E-state index in [1.165, 1.54) is 10.9 Å². The van der Waals surface area contributed by atoms with Crippen LogP contribution in [0.25, 0.3) is 10.9 Å². The van der Waals surface area contributed by atoms with Gasteiger partial charge in [0.2, 0.25) is 0 Å². The van der Waals surface area contributed by atoms with Crippen molar-refractivity contribution in [1.82, 2.24) is 15.6 Å². The van der Waals surface area contributed by atoms with Crippen LogP contribution in [0.5, 0.6) is 0 Å². The minimum Gasteiger partial charge on any atom is -0.368 e. The number of guanidine groups is 1. The smallest absolute Gasteiger partial charge is 0.253 e. The highest BCUT2D eigenvalue weighted by Crippen LogP contribution is 2.18. The molecule has 1 atom stereocenters. The molecule has 4 N–H and O–H groups in total. The van der Waals surface area contributed by atoms with Crippen LogP contribution >= 0.6 is 0 Å². The molecule has 0 spiro atoms. The number of aliphatic imine (C=N–C) groups is 1. The number of benzene rings is 2. The molecule has 1 saturated heterocycles. The fraction of sp³-hybridized carbons (Fsp3) is 0.333. The molecule has 1 aliphatic rings. The molecule has 3 aromatic rings. The van der Waals surface area contributed by atoms with Crippen molar-refractivity contribution in [2.24, 2.45) is 4.99 Å². The van der Waals surface area contributed by atoms with Crippen LogP contribution in [-0.2, 0) is 22.5 Å². The first-order chi connectivity index (χ1) is 15.2. The quantitative estimate of drug-likeness (QED) is 0.350.